The second-order valence-corrected chi connectivity index (χ2v) is 20.7. The fourth-order valence-electron chi connectivity index (χ4n) is 9.37. The smallest absolute Gasteiger partial charge is 0.250 e. The molecule has 0 fully saturated rings. The lowest BCUT2D eigenvalue weighted by atomic mass is 9.77. The minimum atomic E-state index is -0.827. The molecule has 14 heteroatoms. The first-order valence-electron chi connectivity index (χ1n) is 24.6. The summed E-state index contributed by atoms with van der Waals surface area (Å²) in [5.41, 5.74) is 12.0. The van der Waals surface area contributed by atoms with E-state index in [-0.39, 0.29) is 6.54 Å². The minimum Gasteiger partial charge on any atom is -0.361 e. The SMILES string of the molecule is Cc1nn(-c2ccccc2)c(SSc2c(C=NCC(=S)NC(c3ccccc3)(c3ccccc3)c3ccccc3)[n+](C)nn2-c2ccccc2)c1/C=N/NC(=S)NC(c1ccccc1)(c1ccccc1)c1ccccc1. The van der Waals surface area contributed by atoms with Crippen LogP contribution in [0, 0.1) is 6.92 Å². The van der Waals surface area contributed by atoms with Gasteiger partial charge in [-0.1, -0.05) is 235 Å². The minimum absolute atomic E-state index is 0.227. The molecule has 0 aliphatic heterocycles. The first-order valence-corrected chi connectivity index (χ1v) is 27.6. The van der Waals surface area contributed by atoms with E-state index in [0.29, 0.717) is 10.1 Å². The molecule has 0 aliphatic carbocycles. The van der Waals surface area contributed by atoms with Gasteiger partial charge in [0.2, 0.25) is 5.69 Å². The van der Waals surface area contributed by atoms with Crippen LogP contribution in [0.4, 0.5) is 0 Å². The van der Waals surface area contributed by atoms with Crippen LogP contribution in [0.2, 0.25) is 0 Å². The van der Waals surface area contributed by atoms with Crippen LogP contribution in [0.1, 0.15) is 50.3 Å². The normalized spacial score (nSPS) is 11.7. The van der Waals surface area contributed by atoms with Gasteiger partial charge in [0.15, 0.2) is 10.8 Å². The van der Waals surface area contributed by atoms with Crippen LogP contribution in [-0.4, -0.2) is 48.8 Å². The van der Waals surface area contributed by atoms with Gasteiger partial charge in [0.1, 0.15) is 23.2 Å². The van der Waals surface area contributed by atoms with Crippen molar-refractivity contribution in [2.45, 2.75) is 28.1 Å². The van der Waals surface area contributed by atoms with E-state index < -0.39 is 11.1 Å². The number of nitrogens with one attached hydrogen (secondary N) is 3. The number of aryl methyl sites for hydroxylation is 2. The molecule has 2 aromatic heterocycles. The number of nitrogens with zero attached hydrogens (tertiary/aromatic N) is 7. The third kappa shape index (κ3) is 10.9. The van der Waals surface area contributed by atoms with E-state index in [1.54, 1.807) is 27.8 Å². The third-order valence-electron chi connectivity index (χ3n) is 12.9. The fraction of sp³-hybridized carbons (Fsp3) is 0.0806. The summed E-state index contributed by atoms with van der Waals surface area (Å²) in [5.74, 6) is 0. The number of hydrazone groups is 1. The summed E-state index contributed by atoms with van der Waals surface area (Å²) in [4.78, 5) is 5.61. The molecule has 0 atom stereocenters. The number of aromatic nitrogens is 5. The Kier molecular flexibility index (Phi) is 16.1. The maximum atomic E-state index is 6.20. The van der Waals surface area contributed by atoms with Crippen LogP contribution in [0.15, 0.2) is 263 Å². The van der Waals surface area contributed by atoms with Gasteiger partial charge in [0, 0.05) is 0 Å². The molecule has 0 unspecified atom stereocenters. The summed E-state index contributed by atoms with van der Waals surface area (Å²) in [6, 6.07) is 82.5. The molecule has 76 heavy (non-hydrogen) atoms. The van der Waals surface area contributed by atoms with Crippen LogP contribution in [-0.2, 0) is 18.1 Å². The van der Waals surface area contributed by atoms with Gasteiger partial charge in [-0.2, -0.15) is 10.2 Å². The van der Waals surface area contributed by atoms with Crippen molar-refractivity contribution in [1.29, 1.82) is 0 Å². The monoisotopic (exact) mass is 1070 g/mol. The molecule has 0 bridgehead atoms. The number of aliphatic imine (C=N–C) groups is 1. The lowest BCUT2D eigenvalue weighted by Crippen LogP contribution is -2.50. The lowest BCUT2D eigenvalue weighted by Gasteiger charge is -2.37. The average Bonchev–Trinajstić information content (AvgIpc) is 4.02. The highest BCUT2D eigenvalue weighted by atomic mass is 33.1. The zero-order valence-corrected chi connectivity index (χ0v) is 45.0. The van der Waals surface area contributed by atoms with E-state index in [1.165, 1.54) is 0 Å². The van der Waals surface area contributed by atoms with Crippen LogP contribution in [0.25, 0.3) is 11.4 Å². The fourth-order valence-corrected chi connectivity index (χ4v) is 12.4. The maximum absolute atomic E-state index is 6.20. The zero-order valence-electron chi connectivity index (χ0n) is 41.7. The van der Waals surface area contributed by atoms with Gasteiger partial charge in [-0.25, -0.2) is 4.68 Å². The Morgan fingerprint density at radius 1 is 0.513 bits per heavy atom. The Bertz CT molecular complexity index is 3150. The molecule has 10 rings (SSSR count). The van der Waals surface area contributed by atoms with Crippen molar-refractivity contribution in [3.63, 3.8) is 0 Å². The molecule has 0 spiro atoms. The Balaban J connectivity index is 0.959. The van der Waals surface area contributed by atoms with Crippen molar-refractivity contribution < 1.29 is 4.68 Å². The van der Waals surface area contributed by atoms with Crippen molar-refractivity contribution in [2.75, 3.05) is 6.54 Å². The molecule has 0 saturated heterocycles. The Labute approximate surface area is 462 Å². The molecule has 0 amide bonds. The van der Waals surface area contributed by atoms with Crippen LogP contribution in [0.3, 0.4) is 0 Å². The van der Waals surface area contributed by atoms with Gasteiger partial charge >= 0.3 is 0 Å². The first kappa shape index (κ1) is 51.2. The summed E-state index contributed by atoms with van der Waals surface area (Å²) in [6.07, 6.45) is 3.65. The highest BCUT2D eigenvalue weighted by molar-refractivity contribution is 8.76. The average molecular weight is 1070 g/mol. The van der Waals surface area contributed by atoms with Gasteiger partial charge in [0.25, 0.3) is 5.03 Å². The highest BCUT2D eigenvalue weighted by Gasteiger charge is 2.38. The van der Waals surface area contributed by atoms with Gasteiger partial charge in [-0.3, -0.25) is 10.4 Å². The van der Waals surface area contributed by atoms with Gasteiger partial charge in [-0.15, -0.1) is 4.68 Å². The molecular weight excluding hydrogens is 1010 g/mol. The summed E-state index contributed by atoms with van der Waals surface area (Å²) in [5, 5.41) is 24.4. The van der Waals surface area contributed by atoms with E-state index in [1.807, 2.05) is 168 Å². The van der Waals surface area contributed by atoms with Gasteiger partial charge in [-0.05, 0) is 98.4 Å². The van der Waals surface area contributed by atoms with E-state index >= 15 is 0 Å². The maximum Gasteiger partial charge on any atom is 0.250 e. The second kappa shape index (κ2) is 23.9. The second-order valence-electron chi connectivity index (χ2n) is 17.7. The molecule has 2 heterocycles. The standard InChI is InChI=1S/C62H52N10S4/c1-46-55(43-64-67-60(74)66-62(50-33-17-6-18-34-50,51-35-19-7-20-36-51)52-37-21-8-22-38-52)58(71(68-46)53-39-23-9-24-40-53)75-76-59-56(70(2)69-72(59)54-41-25-10-26-42-54)44-63-45-57(73)65-61(47-27-11-3-12-28-47,48-29-13-4-14-30-48)49-31-15-5-16-32-49/h3-44H,45H2,1-2H3,(H2-,65,66,67,73,74)/p+1/b63-44?,64-43+. The van der Waals surface area contributed by atoms with Gasteiger partial charge < -0.3 is 10.6 Å². The highest BCUT2D eigenvalue weighted by Crippen LogP contribution is 2.42. The number of hydrogen-bond acceptors (Lipinski definition) is 8. The molecule has 0 radical (unpaired) electrons. The summed E-state index contributed by atoms with van der Waals surface area (Å²) < 4.78 is 5.74. The predicted molar refractivity (Wildman–Crippen MR) is 318 cm³/mol. The van der Waals surface area contributed by atoms with E-state index in [2.05, 4.69) is 125 Å². The van der Waals surface area contributed by atoms with Crippen molar-refractivity contribution in [3.8, 4) is 11.4 Å². The Hall–Kier alpha value is -8.27. The molecule has 10 aromatic rings. The van der Waals surface area contributed by atoms with Crippen molar-refractivity contribution in [2.24, 2.45) is 17.1 Å². The van der Waals surface area contributed by atoms with Crippen LogP contribution < -0.4 is 20.7 Å². The molecular formula is C62H53N10S4+. The molecule has 0 aliphatic rings. The van der Waals surface area contributed by atoms with Crippen molar-refractivity contribution in [3.05, 3.63) is 293 Å². The summed E-state index contributed by atoms with van der Waals surface area (Å²) >= 11 is 12.3. The van der Waals surface area contributed by atoms with Crippen molar-refractivity contribution >= 4 is 68.6 Å². The first-order chi connectivity index (χ1) is 37.3. The molecule has 3 N–H and O–H groups in total. The topological polar surface area (TPSA) is 100 Å². The Morgan fingerprint density at radius 3 is 1.30 bits per heavy atom. The largest absolute Gasteiger partial charge is 0.361 e. The van der Waals surface area contributed by atoms with E-state index in [0.717, 1.165) is 71.8 Å². The number of thiocarbonyl (C=S) groups is 2. The number of para-hydroxylation sites is 2. The number of hydrogen-bond donors (Lipinski definition) is 3. The lowest BCUT2D eigenvalue weighted by molar-refractivity contribution is -0.732. The third-order valence-corrected chi connectivity index (χ3v) is 15.7. The van der Waals surface area contributed by atoms with Crippen LogP contribution >= 0.6 is 46.0 Å². The quantitative estimate of drug-likeness (QED) is 0.0194. The Morgan fingerprint density at radius 2 is 0.882 bits per heavy atom. The van der Waals surface area contributed by atoms with Crippen molar-refractivity contribution in [1.82, 2.24) is 35.7 Å². The predicted octanol–water partition coefficient (Wildman–Crippen LogP) is 12.1. The number of rotatable bonds is 18. The number of benzene rings is 8. The zero-order chi connectivity index (χ0) is 52.2. The summed E-state index contributed by atoms with van der Waals surface area (Å²) in [6.45, 7) is 2.22. The molecule has 0 saturated carbocycles. The molecule has 8 aromatic carbocycles. The van der Waals surface area contributed by atoms with Crippen LogP contribution in [0.5, 0.6) is 0 Å². The molecule has 374 valence electrons. The molecule has 10 nitrogen and oxygen atoms in total. The van der Waals surface area contributed by atoms with E-state index in [9.17, 15) is 0 Å². The van der Waals surface area contributed by atoms with E-state index in [4.69, 9.17) is 44.8 Å². The van der Waals surface area contributed by atoms with Gasteiger partial charge in [0.05, 0.1) is 46.1 Å². The summed E-state index contributed by atoms with van der Waals surface area (Å²) in [7, 11) is 5.04.